The van der Waals surface area contributed by atoms with Crippen molar-refractivity contribution >= 4 is 12.3 Å². The number of likely N-dealkylation sites (N-methyl/N-ethyl adjacent to an activating group) is 2. The molecule has 0 spiro atoms. The number of amides is 2. The predicted octanol–water partition coefficient (Wildman–Crippen LogP) is 1.52. The van der Waals surface area contributed by atoms with E-state index in [1.54, 1.807) is 7.05 Å². The molecule has 1 heterocycles. The van der Waals surface area contributed by atoms with Gasteiger partial charge in [0.05, 0.1) is 19.3 Å². The molecule has 5 heteroatoms. The molecule has 2 fully saturated rings. The minimum absolute atomic E-state index is 0.0710. The Morgan fingerprint density at radius 2 is 1.86 bits per heavy atom. The smallest absolute Gasteiger partial charge is 0.246 e. The molecule has 1 unspecified atom stereocenters. The summed E-state index contributed by atoms with van der Waals surface area (Å²) >= 11 is 0. The number of rotatable bonds is 7. The lowest BCUT2D eigenvalue weighted by atomic mass is 9.84. The zero-order valence-corrected chi connectivity index (χ0v) is 13.3. The summed E-state index contributed by atoms with van der Waals surface area (Å²) in [5.74, 6) is 1.07. The van der Waals surface area contributed by atoms with Crippen molar-refractivity contribution in [1.82, 2.24) is 9.80 Å². The van der Waals surface area contributed by atoms with Gasteiger partial charge in [-0.1, -0.05) is 32.1 Å². The Morgan fingerprint density at radius 3 is 2.38 bits per heavy atom. The number of nitrogens with zero attached hydrogens (tertiary/aromatic N) is 2. The van der Waals surface area contributed by atoms with Gasteiger partial charge in [0.15, 0.2) is 0 Å². The van der Waals surface area contributed by atoms with Gasteiger partial charge < -0.3 is 4.74 Å². The maximum atomic E-state index is 12.5. The van der Waals surface area contributed by atoms with E-state index < -0.39 is 0 Å². The molecule has 0 N–H and O–H groups in total. The van der Waals surface area contributed by atoms with Crippen LogP contribution in [0.1, 0.15) is 38.5 Å². The molecule has 2 amide bonds. The van der Waals surface area contributed by atoms with Gasteiger partial charge in [-0.05, 0) is 19.4 Å². The Bertz CT molecular complexity index is 351. The van der Waals surface area contributed by atoms with E-state index in [1.807, 2.05) is 7.05 Å². The Balaban J connectivity index is 1.96. The van der Waals surface area contributed by atoms with Crippen molar-refractivity contribution in [2.45, 2.75) is 44.6 Å². The highest BCUT2D eigenvalue weighted by molar-refractivity contribution is 5.89. The molecule has 21 heavy (non-hydrogen) atoms. The van der Waals surface area contributed by atoms with E-state index in [-0.39, 0.29) is 11.9 Å². The minimum Gasteiger partial charge on any atom is -0.381 e. The molecule has 1 saturated heterocycles. The van der Waals surface area contributed by atoms with Crippen molar-refractivity contribution in [3.63, 3.8) is 0 Å². The monoisotopic (exact) mass is 296 g/mol. The van der Waals surface area contributed by atoms with Crippen molar-refractivity contribution in [3.8, 4) is 0 Å². The van der Waals surface area contributed by atoms with Gasteiger partial charge in [-0.3, -0.25) is 19.4 Å². The topological polar surface area (TPSA) is 49.9 Å². The summed E-state index contributed by atoms with van der Waals surface area (Å²) in [4.78, 5) is 26.7. The summed E-state index contributed by atoms with van der Waals surface area (Å²) in [5.41, 5.74) is 0. The van der Waals surface area contributed by atoms with E-state index in [2.05, 4.69) is 4.90 Å². The van der Waals surface area contributed by atoms with E-state index in [1.165, 1.54) is 37.0 Å². The van der Waals surface area contributed by atoms with Crippen LogP contribution in [-0.4, -0.2) is 62.0 Å². The molecule has 0 aromatic heterocycles. The molecule has 1 atom stereocenters. The van der Waals surface area contributed by atoms with Crippen molar-refractivity contribution in [2.24, 2.45) is 11.8 Å². The molecule has 0 aromatic carbocycles. The Morgan fingerprint density at radius 1 is 1.19 bits per heavy atom. The van der Waals surface area contributed by atoms with E-state index >= 15 is 0 Å². The first-order valence-electron chi connectivity index (χ1n) is 8.11. The van der Waals surface area contributed by atoms with E-state index in [9.17, 15) is 9.59 Å². The van der Waals surface area contributed by atoms with Crippen LogP contribution in [0.2, 0.25) is 0 Å². The molecule has 2 aliphatic rings. The van der Waals surface area contributed by atoms with Crippen LogP contribution in [0.5, 0.6) is 0 Å². The molecule has 0 bridgehead atoms. The largest absolute Gasteiger partial charge is 0.381 e. The average molecular weight is 296 g/mol. The van der Waals surface area contributed by atoms with Gasteiger partial charge in [0.25, 0.3) is 0 Å². The molecule has 1 saturated carbocycles. The number of hydrogen-bond acceptors (Lipinski definition) is 4. The fourth-order valence-electron chi connectivity index (χ4n) is 3.42. The summed E-state index contributed by atoms with van der Waals surface area (Å²) in [6.45, 7) is 2.45. The van der Waals surface area contributed by atoms with Gasteiger partial charge in [-0.15, -0.1) is 0 Å². The Hall–Kier alpha value is -0.940. The van der Waals surface area contributed by atoms with Crippen LogP contribution in [-0.2, 0) is 14.3 Å². The molecule has 5 nitrogen and oxygen atoms in total. The van der Waals surface area contributed by atoms with Crippen LogP contribution in [0.3, 0.4) is 0 Å². The molecule has 1 aliphatic heterocycles. The van der Waals surface area contributed by atoms with Crippen LogP contribution < -0.4 is 0 Å². The highest BCUT2D eigenvalue weighted by Gasteiger charge is 2.32. The first-order chi connectivity index (χ1) is 10.1. The third-order valence-corrected chi connectivity index (χ3v) is 4.86. The standard InChI is InChI=1S/C16H28N2O3/c1-17(9-14-10-21-11-14)15(16(20)18(2)12-19)8-13-6-4-3-5-7-13/h12-15H,3-11H2,1-2H3. The van der Waals surface area contributed by atoms with Crippen molar-refractivity contribution in [2.75, 3.05) is 33.9 Å². The molecule has 1 aliphatic carbocycles. The van der Waals surface area contributed by atoms with Gasteiger partial charge >= 0.3 is 0 Å². The SMILES string of the molecule is CN(C=O)C(=O)C(CC1CCCCC1)N(C)CC1COC1. The number of carbonyl (C=O) groups excluding carboxylic acids is 2. The zero-order valence-electron chi connectivity index (χ0n) is 13.3. The van der Waals surface area contributed by atoms with Crippen LogP contribution in [0.25, 0.3) is 0 Å². The summed E-state index contributed by atoms with van der Waals surface area (Å²) < 4.78 is 5.22. The molecule has 2 rings (SSSR count). The molecule has 0 radical (unpaired) electrons. The quantitative estimate of drug-likeness (QED) is 0.668. The maximum Gasteiger partial charge on any atom is 0.246 e. The van der Waals surface area contributed by atoms with Gasteiger partial charge in [-0.2, -0.15) is 0 Å². The number of carbonyl (C=O) groups is 2. The van der Waals surface area contributed by atoms with Crippen LogP contribution in [0.4, 0.5) is 0 Å². The highest BCUT2D eigenvalue weighted by atomic mass is 16.5. The normalized spacial score (nSPS) is 21.9. The molecule has 120 valence electrons. The Labute approximate surface area is 127 Å². The zero-order chi connectivity index (χ0) is 15.2. The van der Waals surface area contributed by atoms with E-state index in [0.29, 0.717) is 18.2 Å². The minimum atomic E-state index is -0.177. The molecule has 0 aromatic rings. The second-order valence-corrected chi connectivity index (χ2v) is 6.65. The number of ether oxygens (including phenoxy) is 1. The fraction of sp³-hybridized carbons (Fsp3) is 0.875. The second kappa shape index (κ2) is 7.90. The van der Waals surface area contributed by atoms with Crippen LogP contribution in [0.15, 0.2) is 0 Å². The number of hydrogen-bond donors (Lipinski definition) is 0. The van der Waals surface area contributed by atoms with E-state index in [4.69, 9.17) is 4.74 Å². The number of imide groups is 1. The first-order valence-corrected chi connectivity index (χ1v) is 8.11. The highest BCUT2D eigenvalue weighted by Crippen LogP contribution is 2.29. The fourth-order valence-corrected chi connectivity index (χ4v) is 3.42. The lowest BCUT2D eigenvalue weighted by molar-refractivity contribution is -0.142. The van der Waals surface area contributed by atoms with Crippen LogP contribution in [0, 0.1) is 11.8 Å². The summed E-state index contributed by atoms with van der Waals surface area (Å²) in [6.07, 6.45) is 7.80. The summed E-state index contributed by atoms with van der Waals surface area (Å²) in [6, 6.07) is -0.177. The van der Waals surface area contributed by atoms with Crippen molar-refractivity contribution in [3.05, 3.63) is 0 Å². The summed E-state index contributed by atoms with van der Waals surface area (Å²) in [7, 11) is 3.56. The summed E-state index contributed by atoms with van der Waals surface area (Å²) in [5, 5.41) is 0. The van der Waals surface area contributed by atoms with Gasteiger partial charge in [-0.25, -0.2) is 0 Å². The Kier molecular flexibility index (Phi) is 6.18. The van der Waals surface area contributed by atoms with Crippen molar-refractivity contribution in [1.29, 1.82) is 0 Å². The lowest BCUT2D eigenvalue weighted by Gasteiger charge is -2.36. The van der Waals surface area contributed by atoms with Gasteiger partial charge in [0, 0.05) is 19.5 Å². The average Bonchev–Trinajstić information content (AvgIpc) is 2.47. The van der Waals surface area contributed by atoms with E-state index in [0.717, 1.165) is 26.2 Å². The van der Waals surface area contributed by atoms with Crippen LogP contribution >= 0.6 is 0 Å². The van der Waals surface area contributed by atoms with Gasteiger partial charge in [0.2, 0.25) is 12.3 Å². The van der Waals surface area contributed by atoms with Crippen molar-refractivity contribution < 1.29 is 14.3 Å². The molecular formula is C16H28N2O3. The van der Waals surface area contributed by atoms with Gasteiger partial charge in [0.1, 0.15) is 0 Å². The maximum absolute atomic E-state index is 12.5. The third kappa shape index (κ3) is 4.51. The second-order valence-electron chi connectivity index (χ2n) is 6.65. The first kappa shape index (κ1) is 16.4. The molecular weight excluding hydrogens is 268 g/mol. The predicted molar refractivity (Wildman–Crippen MR) is 80.8 cm³/mol. The lowest BCUT2D eigenvalue weighted by Crippen LogP contribution is -2.50. The third-order valence-electron chi connectivity index (χ3n) is 4.86.